The number of halogens is 1. The first-order chi connectivity index (χ1) is 13.1. The molecular formula is C21H21ClN4O. The Bertz CT molecular complexity index is 867. The van der Waals surface area contributed by atoms with Crippen LogP contribution in [0.3, 0.4) is 0 Å². The Balaban J connectivity index is 1.51. The van der Waals surface area contributed by atoms with Gasteiger partial charge in [0.1, 0.15) is 0 Å². The quantitative estimate of drug-likeness (QED) is 0.671. The average molecular weight is 381 g/mol. The highest BCUT2D eigenvalue weighted by atomic mass is 35.5. The molecule has 138 valence electrons. The molecule has 0 radical (unpaired) electrons. The van der Waals surface area contributed by atoms with E-state index in [1.54, 1.807) is 24.3 Å². The summed E-state index contributed by atoms with van der Waals surface area (Å²) >= 11 is 5.88. The van der Waals surface area contributed by atoms with Gasteiger partial charge in [-0.3, -0.25) is 4.79 Å². The second-order valence-corrected chi connectivity index (χ2v) is 6.68. The molecule has 2 aromatic carbocycles. The van der Waals surface area contributed by atoms with Gasteiger partial charge in [0.25, 0.3) is 5.91 Å². The molecule has 0 saturated heterocycles. The Labute approximate surface area is 164 Å². The zero-order chi connectivity index (χ0) is 19.1. The van der Waals surface area contributed by atoms with E-state index in [1.807, 2.05) is 54.6 Å². The molecule has 1 amide bonds. The largest absolute Gasteiger partial charge is 0.354 e. The summed E-state index contributed by atoms with van der Waals surface area (Å²) in [6.45, 7) is 1.24. The lowest BCUT2D eigenvalue weighted by Gasteiger charge is -2.17. The topological polar surface area (TPSA) is 58.1 Å². The zero-order valence-electron chi connectivity index (χ0n) is 15.1. The molecule has 1 aromatic heterocycles. The lowest BCUT2D eigenvalue weighted by atomic mass is 10.1. The minimum Gasteiger partial charge on any atom is -0.354 e. The Kier molecular flexibility index (Phi) is 6.39. The van der Waals surface area contributed by atoms with E-state index in [1.165, 1.54) is 5.56 Å². The van der Waals surface area contributed by atoms with E-state index in [9.17, 15) is 4.79 Å². The molecule has 27 heavy (non-hydrogen) atoms. The number of hydrogen-bond donors (Lipinski definition) is 1. The van der Waals surface area contributed by atoms with E-state index in [0.717, 1.165) is 17.0 Å². The minimum atomic E-state index is -0.105. The van der Waals surface area contributed by atoms with Gasteiger partial charge in [-0.1, -0.05) is 54.1 Å². The molecule has 5 nitrogen and oxygen atoms in total. The molecule has 6 heteroatoms. The number of nitrogens with zero attached hydrogens (tertiary/aromatic N) is 3. The van der Waals surface area contributed by atoms with Gasteiger partial charge in [0, 0.05) is 37.6 Å². The van der Waals surface area contributed by atoms with Crippen LogP contribution in [0.25, 0.3) is 0 Å². The van der Waals surface area contributed by atoms with Crippen molar-refractivity contribution in [1.29, 1.82) is 0 Å². The van der Waals surface area contributed by atoms with Gasteiger partial charge in [-0.2, -0.15) is 0 Å². The highest BCUT2D eigenvalue weighted by Crippen LogP contribution is 2.11. The first kappa shape index (κ1) is 18.9. The van der Waals surface area contributed by atoms with Crippen molar-refractivity contribution in [2.45, 2.75) is 13.0 Å². The molecule has 0 atom stereocenters. The van der Waals surface area contributed by atoms with Crippen LogP contribution in [-0.4, -0.2) is 34.4 Å². The summed E-state index contributed by atoms with van der Waals surface area (Å²) in [7, 11) is 1.77. The number of aromatic nitrogens is 2. The minimum absolute atomic E-state index is 0.105. The number of hydrogen-bond acceptors (Lipinski definition) is 4. The van der Waals surface area contributed by atoms with Crippen molar-refractivity contribution in [2.24, 2.45) is 0 Å². The van der Waals surface area contributed by atoms with Crippen LogP contribution in [0.5, 0.6) is 0 Å². The zero-order valence-corrected chi connectivity index (χ0v) is 15.9. The van der Waals surface area contributed by atoms with Gasteiger partial charge in [-0.15, -0.1) is 0 Å². The Morgan fingerprint density at radius 3 is 2.33 bits per heavy atom. The maximum atomic E-state index is 12.5. The summed E-state index contributed by atoms with van der Waals surface area (Å²) in [5.74, 6) is 0.401. The monoisotopic (exact) mass is 380 g/mol. The third kappa shape index (κ3) is 5.53. The van der Waals surface area contributed by atoms with Gasteiger partial charge >= 0.3 is 0 Å². The van der Waals surface area contributed by atoms with Gasteiger partial charge in [0.15, 0.2) is 0 Å². The summed E-state index contributed by atoms with van der Waals surface area (Å²) in [4.78, 5) is 22.6. The van der Waals surface area contributed by atoms with Crippen molar-refractivity contribution in [2.75, 3.05) is 18.9 Å². The standard InChI is InChI=1S/C21H21ClN4O/c1-26(15-17-5-3-2-4-6-17)20(27)18-13-24-21(25-14-18)23-12-11-16-7-9-19(22)10-8-16/h2-10,13-14H,11-12,15H2,1H3,(H,23,24,25). The SMILES string of the molecule is CN(Cc1ccccc1)C(=O)c1cnc(NCCc2ccc(Cl)cc2)nc1. The maximum absolute atomic E-state index is 12.5. The lowest BCUT2D eigenvalue weighted by Crippen LogP contribution is -2.26. The fraction of sp³-hybridized carbons (Fsp3) is 0.190. The third-order valence-electron chi connectivity index (χ3n) is 4.12. The average Bonchev–Trinajstić information content (AvgIpc) is 2.70. The lowest BCUT2D eigenvalue weighted by molar-refractivity contribution is 0.0784. The van der Waals surface area contributed by atoms with Crippen LogP contribution >= 0.6 is 11.6 Å². The number of anilines is 1. The molecule has 0 fully saturated rings. The molecule has 1 heterocycles. The van der Waals surface area contributed by atoms with Crippen LogP contribution in [0.2, 0.25) is 5.02 Å². The first-order valence-corrected chi connectivity index (χ1v) is 9.09. The van der Waals surface area contributed by atoms with Crippen LogP contribution in [-0.2, 0) is 13.0 Å². The Morgan fingerprint density at radius 2 is 1.67 bits per heavy atom. The summed E-state index contributed by atoms with van der Waals surface area (Å²) < 4.78 is 0. The third-order valence-corrected chi connectivity index (χ3v) is 4.37. The van der Waals surface area contributed by atoms with Crippen LogP contribution < -0.4 is 5.32 Å². The second kappa shape index (κ2) is 9.14. The van der Waals surface area contributed by atoms with Gasteiger partial charge in [0.2, 0.25) is 5.95 Å². The van der Waals surface area contributed by atoms with Crippen LogP contribution in [0.1, 0.15) is 21.5 Å². The number of benzene rings is 2. The van der Waals surface area contributed by atoms with Crippen LogP contribution in [0.15, 0.2) is 67.0 Å². The van der Waals surface area contributed by atoms with E-state index >= 15 is 0 Å². The van der Waals surface area contributed by atoms with Crippen LogP contribution in [0.4, 0.5) is 5.95 Å². The number of rotatable bonds is 7. The molecular weight excluding hydrogens is 360 g/mol. The van der Waals surface area contributed by atoms with E-state index < -0.39 is 0 Å². The predicted octanol–water partition coefficient (Wildman–Crippen LogP) is 4.06. The normalized spacial score (nSPS) is 10.4. The van der Waals surface area contributed by atoms with Crippen LogP contribution in [0, 0.1) is 0 Å². The molecule has 0 saturated carbocycles. The van der Waals surface area contributed by atoms with E-state index in [2.05, 4.69) is 15.3 Å². The Morgan fingerprint density at radius 1 is 1.00 bits per heavy atom. The fourth-order valence-corrected chi connectivity index (χ4v) is 2.77. The highest BCUT2D eigenvalue weighted by molar-refractivity contribution is 6.30. The van der Waals surface area contributed by atoms with Crippen molar-refractivity contribution in [1.82, 2.24) is 14.9 Å². The summed E-state index contributed by atoms with van der Waals surface area (Å²) in [6, 6.07) is 17.6. The number of amides is 1. The van der Waals surface area contributed by atoms with Crippen molar-refractivity contribution in [3.05, 3.63) is 88.7 Å². The van der Waals surface area contributed by atoms with Gasteiger partial charge in [-0.25, -0.2) is 9.97 Å². The Hall–Kier alpha value is -2.92. The number of carbonyl (C=O) groups excluding carboxylic acids is 1. The van der Waals surface area contributed by atoms with Crippen molar-refractivity contribution >= 4 is 23.5 Å². The summed E-state index contributed by atoms with van der Waals surface area (Å²) in [5, 5.41) is 3.89. The molecule has 3 aromatic rings. The molecule has 0 aliphatic carbocycles. The first-order valence-electron chi connectivity index (χ1n) is 8.71. The molecule has 3 rings (SSSR count). The predicted molar refractivity (Wildman–Crippen MR) is 108 cm³/mol. The van der Waals surface area contributed by atoms with Gasteiger partial charge in [-0.05, 0) is 29.7 Å². The molecule has 0 unspecified atom stereocenters. The van der Waals surface area contributed by atoms with Crippen molar-refractivity contribution in [3.63, 3.8) is 0 Å². The molecule has 0 bridgehead atoms. The molecule has 0 aliphatic heterocycles. The molecule has 0 aliphatic rings. The van der Waals surface area contributed by atoms with E-state index in [0.29, 0.717) is 24.6 Å². The molecule has 1 N–H and O–H groups in total. The smallest absolute Gasteiger partial charge is 0.257 e. The van der Waals surface area contributed by atoms with E-state index in [4.69, 9.17) is 11.6 Å². The second-order valence-electron chi connectivity index (χ2n) is 6.25. The summed E-state index contributed by atoms with van der Waals surface area (Å²) in [6.07, 6.45) is 3.95. The fourth-order valence-electron chi connectivity index (χ4n) is 2.65. The van der Waals surface area contributed by atoms with Gasteiger partial charge < -0.3 is 10.2 Å². The van der Waals surface area contributed by atoms with Gasteiger partial charge in [0.05, 0.1) is 5.56 Å². The maximum Gasteiger partial charge on any atom is 0.257 e. The summed E-state index contributed by atoms with van der Waals surface area (Å²) in [5.41, 5.74) is 2.73. The van der Waals surface area contributed by atoms with Crippen molar-refractivity contribution < 1.29 is 4.79 Å². The van der Waals surface area contributed by atoms with E-state index in [-0.39, 0.29) is 5.91 Å². The molecule has 0 spiro atoms. The van der Waals surface area contributed by atoms with Crippen molar-refractivity contribution in [3.8, 4) is 0 Å². The number of nitrogens with one attached hydrogen (secondary N) is 1. The number of carbonyl (C=O) groups is 1. The highest BCUT2D eigenvalue weighted by Gasteiger charge is 2.13.